The minimum absolute atomic E-state index is 0.189. The number of primary amides is 1. The van der Waals surface area contributed by atoms with Gasteiger partial charge in [-0.3, -0.25) is 4.79 Å². The fourth-order valence-corrected chi connectivity index (χ4v) is 2.30. The van der Waals surface area contributed by atoms with Crippen molar-refractivity contribution >= 4 is 5.91 Å². The Labute approximate surface area is 131 Å². The second kappa shape index (κ2) is 17.2. The normalized spacial score (nSPS) is 11.3. The summed E-state index contributed by atoms with van der Waals surface area (Å²) < 4.78 is 0. The Hall–Kier alpha value is -0.830. The van der Waals surface area contributed by atoms with Gasteiger partial charge in [-0.05, 0) is 51.6 Å². The molecule has 0 unspecified atom stereocenters. The van der Waals surface area contributed by atoms with E-state index in [0.717, 1.165) is 25.9 Å². The molecule has 3 nitrogen and oxygen atoms in total. The highest BCUT2D eigenvalue weighted by Crippen LogP contribution is 2.07. The highest BCUT2D eigenvalue weighted by Gasteiger charge is 1.93. The molecule has 0 saturated heterocycles. The van der Waals surface area contributed by atoms with Crippen molar-refractivity contribution < 1.29 is 4.79 Å². The lowest BCUT2D eigenvalue weighted by Crippen LogP contribution is -2.17. The number of rotatable bonds is 16. The van der Waals surface area contributed by atoms with Gasteiger partial charge in [-0.1, -0.05) is 51.2 Å². The third kappa shape index (κ3) is 19.2. The van der Waals surface area contributed by atoms with E-state index in [0.29, 0.717) is 6.42 Å². The van der Waals surface area contributed by atoms with Gasteiger partial charge in [0.05, 0.1) is 0 Å². The lowest BCUT2D eigenvalue weighted by atomic mass is 10.1. The molecule has 0 heterocycles. The molecule has 21 heavy (non-hydrogen) atoms. The van der Waals surface area contributed by atoms with Crippen molar-refractivity contribution in [3.8, 4) is 0 Å². The maximum atomic E-state index is 10.5. The van der Waals surface area contributed by atoms with Crippen LogP contribution in [0.4, 0.5) is 0 Å². The summed E-state index contributed by atoms with van der Waals surface area (Å²) in [5, 5.41) is 3.40. The van der Waals surface area contributed by atoms with Crippen LogP contribution < -0.4 is 11.1 Å². The van der Waals surface area contributed by atoms with Gasteiger partial charge in [-0.15, -0.1) is 0 Å². The molecule has 0 aliphatic rings. The fourth-order valence-electron chi connectivity index (χ4n) is 2.30. The summed E-state index contributed by atoms with van der Waals surface area (Å²) in [6, 6.07) is 0. The third-order valence-corrected chi connectivity index (χ3v) is 3.64. The Balaban J connectivity index is 3.07. The van der Waals surface area contributed by atoms with Crippen molar-refractivity contribution in [3.05, 3.63) is 12.2 Å². The molecule has 1 amide bonds. The van der Waals surface area contributed by atoms with Gasteiger partial charge in [0, 0.05) is 6.42 Å². The first-order valence-corrected chi connectivity index (χ1v) is 8.91. The van der Waals surface area contributed by atoms with E-state index in [9.17, 15) is 4.79 Å². The van der Waals surface area contributed by atoms with Gasteiger partial charge in [0.2, 0.25) is 5.91 Å². The molecule has 0 rings (SSSR count). The minimum Gasteiger partial charge on any atom is -0.370 e. The van der Waals surface area contributed by atoms with E-state index in [1.165, 1.54) is 57.8 Å². The number of nitrogens with two attached hydrogens (primary N) is 1. The lowest BCUT2D eigenvalue weighted by Gasteiger charge is -2.02. The van der Waals surface area contributed by atoms with E-state index in [4.69, 9.17) is 5.73 Å². The van der Waals surface area contributed by atoms with Gasteiger partial charge >= 0.3 is 0 Å². The summed E-state index contributed by atoms with van der Waals surface area (Å²) in [6.45, 7) is 4.32. The molecule has 0 bridgehead atoms. The Bertz CT molecular complexity index is 252. The number of nitrogens with one attached hydrogen (secondary N) is 1. The van der Waals surface area contributed by atoms with E-state index in [-0.39, 0.29) is 5.91 Å². The van der Waals surface area contributed by atoms with Crippen LogP contribution in [0.3, 0.4) is 0 Å². The number of carbonyl (C=O) groups is 1. The van der Waals surface area contributed by atoms with Crippen LogP contribution in [-0.2, 0) is 4.79 Å². The zero-order valence-corrected chi connectivity index (χ0v) is 14.0. The van der Waals surface area contributed by atoms with Crippen molar-refractivity contribution in [2.45, 2.75) is 84.0 Å². The lowest BCUT2D eigenvalue weighted by molar-refractivity contribution is -0.118. The van der Waals surface area contributed by atoms with Gasteiger partial charge in [0.15, 0.2) is 0 Å². The largest absolute Gasteiger partial charge is 0.370 e. The summed E-state index contributed by atoms with van der Waals surface area (Å²) in [5.74, 6) is -0.189. The van der Waals surface area contributed by atoms with Crippen LogP contribution in [0.1, 0.15) is 84.0 Å². The van der Waals surface area contributed by atoms with Crippen molar-refractivity contribution in [3.63, 3.8) is 0 Å². The fraction of sp³-hybridized carbons (Fsp3) is 0.833. The molecule has 3 heteroatoms. The topological polar surface area (TPSA) is 55.1 Å². The number of carbonyl (C=O) groups excluding carboxylic acids is 1. The zero-order chi connectivity index (χ0) is 15.6. The Morgan fingerprint density at radius 2 is 1.48 bits per heavy atom. The number of hydrogen-bond acceptors (Lipinski definition) is 2. The SMILES string of the molecule is CCCCCCCCC=CCCCNCCCCC(N)=O. The monoisotopic (exact) mass is 296 g/mol. The van der Waals surface area contributed by atoms with Gasteiger partial charge in [-0.25, -0.2) is 0 Å². The predicted molar refractivity (Wildman–Crippen MR) is 92.3 cm³/mol. The van der Waals surface area contributed by atoms with Crippen molar-refractivity contribution in [1.29, 1.82) is 0 Å². The molecule has 0 saturated carbocycles. The smallest absolute Gasteiger partial charge is 0.217 e. The summed E-state index contributed by atoms with van der Waals surface area (Å²) in [4.78, 5) is 10.5. The molecular formula is C18H36N2O. The second-order valence-electron chi connectivity index (χ2n) is 5.84. The van der Waals surface area contributed by atoms with Gasteiger partial charge in [0.1, 0.15) is 0 Å². The molecule has 0 radical (unpaired) electrons. The summed E-state index contributed by atoms with van der Waals surface area (Å²) in [5.41, 5.74) is 5.09. The van der Waals surface area contributed by atoms with Gasteiger partial charge < -0.3 is 11.1 Å². The molecule has 3 N–H and O–H groups in total. The Morgan fingerprint density at radius 3 is 2.19 bits per heavy atom. The third-order valence-electron chi connectivity index (χ3n) is 3.64. The first-order chi connectivity index (χ1) is 10.3. The first-order valence-electron chi connectivity index (χ1n) is 8.91. The molecule has 0 aromatic rings. The van der Waals surface area contributed by atoms with Crippen LogP contribution in [0.15, 0.2) is 12.2 Å². The molecule has 0 aliphatic carbocycles. The summed E-state index contributed by atoms with van der Waals surface area (Å²) >= 11 is 0. The molecule has 124 valence electrons. The standard InChI is InChI=1S/C18H36N2O/c1-2-3-4-5-6-7-8-9-10-11-13-16-20-17-14-12-15-18(19)21/h9-10,20H,2-8,11-17H2,1H3,(H2,19,21). The highest BCUT2D eigenvalue weighted by molar-refractivity contribution is 5.73. The molecule has 0 aromatic heterocycles. The Morgan fingerprint density at radius 1 is 0.857 bits per heavy atom. The van der Waals surface area contributed by atoms with Crippen LogP contribution >= 0.6 is 0 Å². The predicted octanol–water partition coefficient (Wildman–Crippen LogP) is 4.32. The van der Waals surface area contributed by atoms with E-state index >= 15 is 0 Å². The van der Waals surface area contributed by atoms with Gasteiger partial charge in [0.25, 0.3) is 0 Å². The first kappa shape index (κ1) is 20.2. The van der Waals surface area contributed by atoms with E-state index in [2.05, 4.69) is 24.4 Å². The van der Waals surface area contributed by atoms with Crippen LogP contribution in [0, 0.1) is 0 Å². The average molecular weight is 296 g/mol. The van der Waals surface area contributed by atoms with Gasteiger partial charge in [-0.2, -0.15) is 0 Å². The van der Waals surface area contributed by atoms with Crippen LogP contribution in [0.2, 0.25) is 0 Å². The number of hydrogen-bond donors (Lipinski definition) is 2. The molecular weight excluding hydrogens is 260 g/mol. The van der Waals surface area contributed by atoms with Crippen molar-refractivity contribution in [2.75, 3.05) is 13.1 Å². The van der Waals surface area contributed by atoms with Crippen molar-refractivity contribution in [2.24, 2.45) is 5.73 Å². The number of unbranched alkanes of at least 4 members (excludes halogenated alkanes) is 8. The zero-order valence-electron chi connectivity index (χ0n) is 14.0. The van der Waals surface area contributed by atoms with Crippen LogP contribution in [0.5, 0.6) is 0 Å². The molecule has 0 aromatic carbocycles. The summed E-state index contributed by atoms with van der Waals surface area (Å²) in [6.07, 6.45) is 19.0. The number of allylic oxidation sites excluding steroid dienone is 2. The number of amides is 1. The molecule has 0 spiro atoms. The van der Waals surface area contributed by atoms with E-state index < -0.39 is 0 Å². The van der Waals surface area contributed by atoms with E-state index in [1.54, 1.807) is 0 Å². The highest BCUT2D eigenvalue weighted by atomic mass is 16.1. The molecule has 0 atom stereocenters. The van der Waals surface area contributed by atoms with E-state index in [1.807, 2.05) is 0 Å². The quantitative estimate of drug-likeness (QED) is 0.329. The average Bonchev–Trinajstić information content (AvgIpc) is 2.46. The van der Waals surface area contributed by atoms with Crippen LogP contribution in [0.25, 0.3) is 0 Å². The maximum Gasteiger partial charge on any atom is 0.217 e. The molecule has 0 aliphatic heterocycles. The minimum atomic E-state index is -0.189. The Kier molecular flexibility index (Phi) is 16.5. The molecule has 0 fully saturated rings. The maximum absolute atomic E-state index is 10.5. The second-order valence-corrected chi connectivity index (χ2v) is 5.84. The van der Waals surface area contributed by atoms with Crippen LogP contribution in [-0.4, -0.2) is 19.0 Å². The summed E-state index contributed by atoms with van der Waals surface area (Å²) in [7, 11) is 0. The van der Waals surface area contributed by atoms with Crippen molar-refractivity contribution in [1.82, 2.24) is 5.32 Å².